The van der Waals surface area contributed by atoms with Crippen LogP contribution in [0.1, 0.15) is 34.6 Å². The molecule has 0 radical (unpaired) electrons. The number of nitrogens with zero attached hydrogens (tertiary/aromatic N) is 1. The van der Waals surface area contributed by atoms with Crippen molar-refractivity contribution in [3.8, 4) is 0 Å². The Morgan fingerprint density at radius 3 is 2.10 bits per heavy atom. The summed E-state index contributed by atoms with van der Waals surface area (Å²) < 4.78 is 0. The number of carbonyl (C=O) groups excluding carboxylic acids is 2. The number of nitrogens with one attached hydrogen (secondary N) is 4. The lowest BCUT2D eigenvalue weighted by Gasteiger charge is -2.20. The van der Waals surface area contributed by atoms with Gasteiger partial charge in [0.25, 0.3) is 0 Å². The van der Waals surface area contributed by atoms with Crippen molar-refractivity contribution in [1.82, 2.24) is 21.3 Å². The monoisotopic (exact) mass is 413 g/mol. The van der Waals surface area contributed by atoms with Crippen molar-refractivity contribution in [3.05, 3.63) is 0 Å². The van der Waals surface area contributed by atoms with E-state index in [4.69, 9.17) is 0 Å². The van der Waals surface area contributed by atoms with E-state index < -0.39 is 0 Å². The Hall–Kier alpha value is -1.06. The van der Waals surface area contributed by atoms with E-state index >= 15 is 0 Å². The summed E-state index contributed by atoms with van der Waals surface area (Å²) in [5.41, 5.74) is -0.260. The molecule has 0 aromatic carbocycles. The molecule has 21 heavy (non-hydrogen) atoms. The summed E-state index contributed by atoms with van der Waals surface area (Å²) in [4.78, 5) is 26.6. The molecule has 0 unspecified atom stereocenters. The lowest BCUT2D eigenvalue weighted by molar-refractivity contribution is -0.121. The highest BCUT2D eigenvalue weighted by Crippen LogP contribution is 1.97. The van der Waals surface area contributed by atoms with Crippen molar-refractivity contribution in [2.75, 3.05) is 26.2 Å². The molecule has 124 valence electrons. The molecule has 0 aromatic heterocycles. The van der Waals surface area contributed by atoms with Gasteiger partial charge in [0.15, 0.2) is 5.96 Å². The molecule has 0 aliphatic rings. The molecule has 0 rings (SSSR count). The van der Waals surface area contributed by atoms with Crippen molar-refractivity contribution in [2.45, 2.75) is 40.2 Å². The molecule has 0 aliphatic heterocycles. The van der Waals surface area contributed by atoms with Crippen molar-refractivity contribution in [2.24, 2.45) is 4.99 Å². The number of carbonyl (C=O) groups is 2. The molecular weight excluding hydrogens is 385 g/mol. The van der Waals surface area contributed by atoms with Gasteiger partial charge in [-0.15, -0.1) is 24.0 Å². The summed E-state index contributed by atoms with van der Waals surface area (Å²) in [6.45, 7) is 11.0. The Kier molecular flexibility index (Phi) is 12.3. The fourth-order valence-corrected chi connectivity index (χ4v) is 1.37. The molecule has 0 atom stereocenters. The van der Waals surface area contributed by atoms with Crippen LogP contribution in [0.2, 0.25) is 0 Å². The molecule has 0 bridgehead atoms. The van der Waals surface area contributed by atoms with Crippen LogP contribution in [0.25, 0.3) is 0 Å². The van der Waals surface area contributed by atoms with Gasteiger partial charge in [-0.3, -0.25) is 9.59 Å². The zero-order chi connectivity index (χ0) is 15.6. The standard InChI is InChI=1S/C13H27N5O2.HI/c1-6-14-12(16-8-7-15-10(2)19)17-9-11(20)18-13(3,4)5;/h6-9H2,1-5H3,(H,15,19)(H,18,20)(H2,14,16,17);1H. The molecule has 2 amide bonds. The quantitative estimate of drug-likeness (QED) is 0.217. The third-order valence-electron chi connectivity index (χ3n) is 2.03. The first-order valence-electron chi connectivity index (χ1n) is 6.82. The van der Waals surface area contributed by atoms with E-state index in [2.05, 4.69) is 26.3 Å². The van der Waals surface area contributed by atoms with Crippen molar-refractivity contribution < 1.29 is 9.59 Å². The fraction of sp³-hybridized carbons (Fsp3) is 0.769. The molecule has 0 fully saturated rings. The highest BCUT2D eigenvalue weighted by molar-refractivity contribution is 14.0. The first kappa shape index (κ1) is 22.2. The summed E-state index contributed by atoms with van der Waals surface area (Å²) in [6.07, 6.45) is 0. The number of hydrogen-bond donors (Lipinski definition) is 4. The molecule has 0 spiro atoms. The van der Waals surface area contributed by atoms with Gasteiger partial charge in [0.05, 0.1) is 0 Å². The van der Waals surface area contributed by atoms with Gasteiger partial charge >= 0.3 is 0 Å². The van der Waals surface area contributed by atoms with Crippen molar-refractivity contribution >= 4 is 41.8 Å². The maximum Gasteiger partial charge on any atom is 0.242 e. The van der Waals surface area contributed by atoms with Crippen LogP contribution in [-0.4, -0.2) is 49.5 Å². The molecule has 0 saturated heterocycles. The van der Waals surface area contributed by atoms with Crippen LogP contribution < -0.4 is 21.3 Å². The Morgan fingerprint density at radius 2 is 1.62 bits per heavy atom. The van der Waals surface area contributed by atoms with E-state index in [1.807, 2.05) is 27.7 Å². The second-order valence-electron chi connectivity index (χ2n) is 5.40. The second-order valence-corrected chi connectivity index (χ2v) is 5.40. The maximum absolute atomic E-state index is 11.7. The van der Waals surface area contributed by atoms with Crippen molar-refractivity contribution in [3.63, 3.8) is 0 Å². The van der Waals surface area contributed by atoms with Gasteiger partial charge in [0.2, 0.25) is 11.8 Å². The van der Waals surface area contributed by atoms with Crippen molar-refractivity contribution in [1.29, 1.82) is 0 Å². The molecule has 8 heteroatoms. The number of aliphatic imine (C=N–C) groups is 1. The summed E-state index contributed by atoms with van der Waals surface area (Å²) in [5, 5.41) is 11.6. The molecule has 0 heterocycles. The van der Waals surface area contributed by atoms with Gasteiger partial charge in [0, 0.05) is 32.1 Å². The Morgan fingerprint density at radius 1 is 1.05 bits per heavy atom. The largest absolute Gasteiger partial charge is 0.357 e. The van der Waals surface area contributed by atoms with E-state index in [1.165, 1.54) is 6.92 Å². The zero-order valence-electron chi connectivity index (χ0n) is 13.5. The number of amides is 2. The average Bonchev–Trinajstić information content (AvgIpc) is 2.28. The Balaban J connectivity index is 0. The Bertz CT molecular complexity index is 353. The summed E-state index contributed by atoms with van der Waals surface area (Å²) in [7, 11) is 0. The lowest BCUT2D eigenvalue weighted by Crippen LogP contribution is -2.44. The number of halogens is 1. The average molecular weight is 413 g/mol. The van der Waals surface area contributed by atoms with Crippen LogP contribution in [0, 0.1) is 0 Å². The van der Waals surface area contributed by atoms with Crippen LogP contribution in [0.4, 0.5) is 0 Å². The third kappa shape index (κ3) is 15.2. The maximum atomic E-state index is 11.7. The van der Waals surface area contributed by atoms with Crippen LogP contribution in [0.3, 0.4) is 0 Å². The van der Waals surface area contributed by atoms with E-state index in [0.717, 1.165) is 0 Å². The van der Waals surface area contributed by atoms with Gasteiger partial charge in [-0.2, -0.15) is 0 Å². The van der Waals surface area contributed by atoms with Crippen LogP contribution in [-0.2, 0) is 9.59 Å². The third-order valence-corrected chi connectivity index (χ3v) is 2.03. The van der Waals surface area contributed by atoms with Crippen LogP contribution in [0.5, 0.6) is 0 Å². The van der Waals surface area contributed by atoms with Crippen LogP contribution in [0.15, 0.2) is 4.99 Å². The number of hydrogen-bond acceptors (Lipinski definition) is 3. The predicted molar refractivity (Wildman–Crippen MR) is 96.0 cm³/mol. The minimum atomic E-state index is -0.260. The first-order valence-corrected chi connectivity index (χ1v) is 6.82. The molecule has 4 N–H and O–H groups in total. The highest BCUT2D eigenvalue weighted by Gasteiger charge is 2.13. The Labute approximate surface area is 144 Å². The van der Waals surface area contributed by atoms with E-state index in [0.29, 0.717) is 25.6 Å². The van der Waals surface area contributed by atoms with E-state index in [-0.39, 0.29) is 47.9 Å². The molecular formula is C13H28IN5O2. The number of guanidine groups is 1. The first-order chi connectivity index (χ1) is 9.24. The van der Waals surface area contributed by atoms with Gasteiger partial charge in [0.1, 0.15) is 6.54 Å². The summed E-state index contributed by atoms with van der Waals surface area (Å²) >= 11 is 0. The predicted octanol–water partition coefficient (Wildman–Crippen LogP) is 0.210. The minimum Gasteiger partial charge on any atom is -0.357 e. The molecule has 0 aromatic rings. The normalized spacial score (nSPS) is 11.2. The molecule has 0 aliphatic carbocycles. The highest BCUT2D eigenvalue weighted by atomic mass is 127. The lowest BCUT2D eigenvalue weighted by atomic mass is 10.1. The summed E-state index contributed by atoms with van der Waals surface area (Å²) in [5.74, 6) is 0.358. The van der Waals surface area contributed by atoms with Gasteiger partial charge in [-0.25, -0.2) is 4.99 Å². The zero-order valence-corrected chi connectivity index (χ0v) is 15.8. The smallest absolute Gasteiger partial charge is 0.242 e. The van der Waals surface area contributed by atoms with Crippen LogP contribution >= 0.6 is 24.0 Å². The van der Waals surface area contributed by atoms with Gasteiger partial charge < -0.3 is 21.3 Å². The molecule has 0 saturated carbocycles. The second kappa shape index (κ2) is 11.6. The number of rotatable bonds is 6. The van der Waals surface area contributed by atoms with Gasteiger partial charge in [-0.1, -0.05) is 0 Å². The van der Waals surface area contributed by atoms with E-state index in [1.54, 1.807) is 0 Å². The topological polar surface area (TPSA) is 94.6 Å². The fourth-order valence-electron chi connectivity index (χ4n) is 1.37. The SMILES string of the molecule is CCNC(=NCC(=O)NC(C)(C)C)NCCNC(C)=O.I. The summed E-state index contributed by atoms with van der Waals surface area (Å²) in [6, 6.07) is 0. The molecule has 7 nitrogen and oxygen atoms in total. The minimum absolute atomic E-state index is 0. The van der Waals surface area contributed by atoms with E-state index in [9.17, 15) is 9.59 Å². The van der Waals surface area contributed by atoms with Gasteiger partial charge in [-0.05, 0) is 27.7 Å².